The molecule has 7 rings (SSSR count). The first kappa shape index (κ1) is 28.0. The minimum atomic E-state index is 0.183. The van der Waals surface area contributed by atoms with Crippen molar-refractivity contribution in [1.29, 1.82) is 0 Å². The van der Waals surface area contributed by atoms with Crippen molar-refractivity contribution in [2.75, 3.05) is 0 Å². The van der Waals surface area contributed by atoms with Crippen molar-refractivity contribution in [3.8, 4) is 16.8 Å². The molecule has 0 spiro atoms. The maximum Gasteiger partial charge on any atom is 0.242 e. The van der Waals surface area contributed by atoms with Gasteiger partial charge in [-0.15, -0.1) is 0 Å². The molecule has 1 aromatic heterocycles. The Morgan fingerprint density at radius 3 is 1.25 bits per heavy atom. The summed E-state index contributed by atoms with van der Waals surface area (Å²) in [6.45, 7) is 13.7. The first-order chi connectivity index (χ1) is 21.3. The molecule has 0 unspecified atom stereocenters. The van der Waals surface area contributed by atoms with Crippen LogP contribution in [0.25, 0.3) is 38.6 Å². The van der Waals surface area contributed by atoms with E-state index in [4.69, 9.17) is 0 Å². The van der Waals surface area contributed by atoms with Crippen LogP contribution in [0.15, 0.2) is 121 Å². The minimum Gasteiger partial charge on any atom is -0.309 e. The molecule has 0 atom stereocenters. The highest BCUT2D eigenvalue weighted by Crippen LogP contribution is 2.32. The predicted octanol–water partition coefficient (Wildman–Crippen LogP) is 8.82. The van der Waals surface area contributed by atoms with Gasteiger partial charge in [-0.1, -0.05) is 147 Å². The van der Waals surface area contributed by atoms with Crippen LogP contribution in [-0.4, -0.2) is 11.3 Å². The Bertz CT molecular complexity index is 2010. The third-order valence-electron chi connectivity index (χ3n) is 9.34. The molecule has 0 bridgehead atoms. The number of hydrogen-bond acceptors (Lipinski definition) is 0. The van der Waals surface area contributed by atoms with Gasteiger partial charge in [-0.3, -0.25) is 0 Å². The summed E-state index contributed by atoms with van der Waals surface area (Å²) in [4.78, 5) is 0. The van der Waals surface area contributed by atoms with Crippen molar-refractivity contribution >= 4 is 44.9 Å². The minimum absolute atomic E-state index is 0.183. The van der Waals surface area contributed by atoms with Gasteiger partial charge in [-0.25, -0.2) is 0 Å². The van der Waals surface area contributed by atoms with Gasteiger partial charge in [-0.05, 0) is 76.9 Å². The van der Waals surface area contributed by atoms with E-state index >= 15 is 0 Å². The van der Waals surface area contributed by atoms with Gasteiger partial charge < -0.3 is 4.57 Å². The topological polar surface area (TPSA) is 4.93 Å². The van der Waals surface area contributed by atoms with E-state index in [2.05, 4.69) is 167 Å². The van der Waals surface area contributed by atoms with Crippen molar-refractivity contribution in [3.05, 3.63) is 155 Å². The van der Waals surface area contributed by atoms with Gasteiger partial charge >= 0.3 is 0 Å². The zero-order chi connectivity index (χ0) is 30.5. The Morgan fingerprint density at radius 1 is 0.432 bits per heavy atom. The molecule has 0 fully saturated rings. The van der Waals surface area contributed by atoms with Crippen LogP contribution in [0.1, 0.15) is 33.4 Å². The molecule has 6 aromatic carbocycles. The second kappa shape index (κ2) is 11.0. The number of rotatable bonds is 5. The lowest BCUT2D eigenvalue weighted by molar-refractivity contribution is 1.18. The Labute approximate surface area is 261 Å². The van der Waals surface area contributed by atoms with Gasteiger partial charge in [0.1, 0.15) is 0 Å². The van der Waals surface area contributed by atoms with E-state index in [1.54, 1.807) is 0 Å². The number of fused-ring (bicyclic) bond motifs is 3. The second-order valence-electron chi connectivity index (χ2n) is 12.6. The number of nitrogens with zero attached hydrogens (tertiary/aromatic N) is 1. The second-order valence-corrected chi connectivity index (χ2v) is 12.6. The van der Waals surface area contributed by atoms with Crippen LogP contribution in [-0.2, 0) is 0 Å². The third-order valence-corrected chi connectivity index (χ3v) is 9.34. The summed E-state index contributed by atoms with van der Waals surface area (Å²) in [5.74, 6) is 0. The zero-order valence-corrected chi connectivity index (χ0v) is 26.6. The van der Waals surface area contributed by atoms with E-state index < -0.39 is 0 Å². The number of aryl methyl sites for hydroxylation is 6. The summed E-state index contributed by atoms with van der Waals surface area (Å²) in [5.41, 5.74) is 18.4. The molecular weight excluding hydrogens is 529 g/mol. The molecule has 0 radical (unpaired) electrons. The van der Waals surface area contributed by atoms with Crippen molar-refractivity contribution in [1.82, 2.24) is 4.57 Å². The average molecular weight is 568 g/mol. The summed E-state index contributed by atoms with van der Waals surface area (Å²) in [7, 11) is 0. The van der Waals surface area contributed by atoms with Crippen molar-refractivity contribution in [2.24, 2.45) is 0 Å². The first-order valence-electron chi connectivity index (χ1n) is 15.6. The first-order valence-corrected chi connectivity index (χ1v) is 15.6. The molecule has 0 amide bonds. The molecule has 1 nitrogen and oxygen atoms in total. The lowest BCUT2D eigenvalue weighted by Gasteiger charge is -2.24. The summed E-state index contributed by atoms with van der Waals surface area (Å²) in [5, 5.41) is 2.57. The maximum absolute atomic E-state index is 2.38. The van der Waals surface area contributed by atoms with Crippen LogP contribution < -0.4 is 16.4 Å². The quantitative estimate of drug-likeness (QED) is 0.183. The Hall–Kier alpha value is -4.82. The standard InChI is InChI=1S/C42H38BN/c1-27-23-29(3)41(30(4)24-27)43(42-31(5)25-28(2)26-32(42)6)35-19-15-33(16-20-35)34-17-21-36(22-18-34)44-39-13-9-7-11-37(39)38-12-8-10-14-40(38)44/h7-26H,1-6H3. The average Bonchev–Trinajstić information content (AvgIpc) is 3.34. The molecule has 2 heteroatoms. The third kappa shape index (κ3) is 4.76. The number of hydrogen-bond donors (Lipinski definition) is 0. The van der Waals surface area contributed by atoms with Gasteiger partial charge in [0, 0.05) is 16.5 Å². The smallest absolute Gasteiger partial charge is 0.242 e. The number of para-hydroxylation sites is 2. The van der Waals surface area contributed by atoms with Crippen LogP contribution in [0, 0.1) is 41.5 Å². The zero-order valence-electron chi connectivity index (χ0n) is 26.6. The normalized spacial score (nSPS) is 11.4. The van der Waals surface area contributed by atoms with E-state index in [-0.39, 0.29) is 6.71 Å². The summed E-state index contributed by atoms with van der Waals surface area (Å²) in [6, 6.07) is 45.0. The SMILES string of the molecule is Cc1cc(C)c(B(c2ccc(-c3ccc(-n4c5ccccc5c5ccccc54)cc3)cc2)c2c(C)cc(C)cc2C)c(C)c1. The molecule has 0 saturated carbocycles. The lowest BCUT2D eigenvalue weighted by atomic mass is 9.34. The van der Waals surface area contributed by atoms with Gasteiger partial charge in [0.25, 0.3) is 0 Å². The molecular formula is C42H38BN. The molecule has 0 aliphatic rings. The van der Waals surface area contributed by atoms with Gasteiger partial charge in [0.05, 0.1) is 11.0 Å². The molecule has 0 aliphatic carbocycles. The van der Waals surface area contributed by atoms with Crippen molar-refractivity contribution in [3.63, 3.8) is 0 Å². The van der Waals surface area contributed by atoms with E-state index in [1.807, 2.05) is 0 Å². The fourth-order valence-electron chi connectivity index (χ4n) is 7.64. The summed E-state index contributed by atoms with van der Waals surface area (Å²) >= 11 is 0. The fourth-order valence-corrected chi connectivity index (χ4v) is 7.64. The van der Waals surface area contributed by atoms with Crippen molar-refractivity contribution in [2.45, 2.75) is 41.5 Å². The van der Waals surface area contributed by atoms with E-state index in [1.165, 1.54) is 88.4 Å². The van der Waals surface area contributed by atoms with Crippen molar-refractivity contribution < 1.29 is 0 Å². The van der Waals surface area contributed by atoms with Crippen LogP contribution >= 0.6 is 0 Å². The van der Waals surface area contributed by atoms with E-state index in [9.17, 15) is 0 Å². The Morgan fingerprint density at radius 2 is 0.818 bits per heavy atom. The fraction of sp³-hybridized carbons (Fsp3) is 0.143. The largest absolute Gasteiger partial charge is 0.309 e. The highest BCUT2D eigenvalue weighted by atomic mass is 15.0. The van der Waals surface area contributed by atoms with Crippen LogP contribution in [0.3, 0.4) is 0 Å². The van der Waals surface area contributed by atoms with Gasteiger partial charge in [0.2, 0.25) is 6.71 Å². The molecule has 214 valence electrons. The molecule has 0 aliphatic heterocycles. The molecule has 7 aromatic rings. The van der Waals surface area contributed by atoms with Gasteiger partial charge in [0.15, 0.2) is 0 Å². The highest BCUT2D eigenvalue weighted by molar-refractivity contribution is 6.96. The lowest BCUT2D eigenvalue weighted by Crippen LogP contribution is -2.55. The highest BCUT2D eigenvalue weighted by Gasteiger charge is 2.28. The molecule has 0 N–H and O–H groups in total. The van der Waals surface area contributed by atoms with Crippen LogP contribution in [0.5, 0.6) is 0 Å². The maximum atomic E-state index is 2.38. The molecule has 1 heterocycles. The summed E-state index contributed by atoms with van der Waals surface area (Å²) in [6.07, 6.45) is 0. The molecule has 44 heavy (non-hydrogen) atoms. The van der Waals surface area contributed by atoms with Crippen LogP contribution in [0.2, 0.25) is 0 Å². The van der Waals surface area contributed by atoms with Gasteiger partial charge in [-0.2, -0.15) is 0 Å². The predicted molar refractivity (Wildman–Crippen MR) is 192 cm³/mol. The Balaban J connectivity index is 1.29. The summed E-state index contributed by atoms with van der Waals surface area (Å²) < 4.78 is 2.38. The number of aromatic nitrogens is 1. The van der Waals surface area contributed by atoms with Crippen LogP contribution in [0.4, 0.5) is 0 Å². The van der Waals surface area contributed by atoms with E-state index in [0.717, 1.165) is 0 Å². The monoisotopic (exact) mass is 567 g/mol. The molecule has 0 saturated heterocycles. The van der Waals surface area contributed by atoms with E-state index in [0.29, 0.717) is 0 Å². The Kier molecular flexibility index (Phi) is 7.02. The number of benzene rings is 6.